The van der Waals surface area contributed by atoms with Gasteiger partial charge in [-0.2, -0.15) is 0 Å². The van der Waals surface area contributed by atoms with Gasteiger partial charge in [0, 0.05) is 6.04 Å². The number of nitrogens with one attached hydrogen (secondary N) is 1. The summed E-state index contributed by atoms with van der Waals surface area (Å²) in [4.78, 5) is 31.5. The van der Waals surface area contributed by atoms with Gasteiger partial charge in [-0.1, -0.05) is 0 Å². The molecule has 0 aromatic carbocycles. The molecule has 1 saturated carbocycles. The summed E-state index contributed by atoms with van der Waals surface area (Å²) in [5.74, 6) is 0.188. The zero-order valence-electron chi connectivity index (χ0n) is 9.98. The Morgan fingerprint density at radius 1 is 1.67 bits per heavy atom. The third-order valence-corrected chi connectivity index (χ3v) is 3.36. The SMILES string of the molecule is CCOC(=O)CN(c1nc[nH]c(=O)c1Br)C1CC1. The Balaban J connectivity index is 2.22. The summed E-state index contributed by atoms with van der Waals surface area (Å²) in [6, 6.07) is 0.264. The molecule has 1 aromatic heterocycles. The minimum Gasteiger partial charge on any atom is -0.465 e. The lowest BCUT2D eigenvalue weighted by Crippen LogP contribution is -2.35. The van der Waals surface area contributed by atoms with Gasteiger partial charge in [-0.15, -0.1) is 0 Å². The Bertz CT molecular complexity index is 499. The van der Waals surface area contributed by atoms with Gasteiger partial charge in [0.15, 0.2) is 5.82 Å². The summed E-state index contributed by atoms with van der Waals surface area (Å²) < 4.78 is 5.28. The third-order valence-electron chi connectivity index (χ3n) is 2.64. The Morgan fingerprint density at radius 3 is 3.00 bits per heavy atom. The molecule has 0 unspecified atom stereocenters. The average molecular weight is 316 g/mol. The Morgan fingerprint density at radius 2 is 2.39 bits per heavy atom. The van der Waals surface area contributed by atoms with Crippen LogP contribution < -0.4 is 10.5 Å². The van der Waals surface area contributed by atoms with Crippen molar-refractivity contribution in [2.24, 2.45) is 0 Å². The summed E-state index contributed by atoms with van der Waals surface area (Å²) >= 11 is 3.21. The Hall–Kier alpha value is -1.37. The van der Waals surface area contributed by atoms with Crippen molar-refractivity contribution in [2.75, 3.05) is 18.1 Å². The first-order valence-corrected chi connectivity index (χ1v) is 6.58. The Kier molecular flexibility index (Phi) is 4.00. The number of carbonyl (C=O) groups is 1. The van der Waals surface area contributed by atoms with Crippen molar-refractivity contribution in [2.45, 2.75) is 25.8 Å². The van der Waals surface area contributed by atoms with E-state index in [0.29, 0.717) is 16.9 Å². The monoisotopic (exact) mass is 315 g/mol. The molecule has 0 amide bonds. The molecule has 7 heteroatoms. The van der Waals surface area contributed by atoms with E-state index in [0.717, 1.165) is 12.8 Å². The van der Waals surface area contributed by atoms with E-state index in [4.69, 9.17) is 4.74 Å². The number of anilines is 1. The number of esters is 1. The predicted molar refractivity (Wildman–Crippen MR) is 69.6 cm³/mol. The van der Waals surface area contributed by atoms with Gasteiger partial charge in [0.1, 0.15) is 11.0 Å². The van der Waals surface area contributed by atoms with Crippen molar-refractivity contribution in [1.29, 1.82) is 0 Å². The maximum absolute atomic E-state index is 11.6. The van der Waals surface area contributed by atoms with Crippen molar-refractivity contribution >= 4 is 27.7 Å². The van der Waals surface area contributed by atoms with Gasteiger partial charge in [0.25, 0.3) is 5.56 Å². The van der Waals surface area contributed by atoms with E-state index in [1.807, 2.05) is 4.90 Å². The highest BCUT2D eigenvalue weighted by atomic mass is 79.9. The first-order chi connectivity index (χ1) is 8.63. The molecule has 98 valence electrons. The van der Waals surface area contributed by atoms with Crippen molar-refractivity contribution in [3.8, 4) is 0 Å². The maximum atomic E-state index is 11.6. The summed E-state index contributed by atoms with van der Waals surface area (Å²) in [7, 11) is 0. The lowest BCUT2D eigenvalue weighted by molar-refractivity contribution is -0.141. The van der Waals surface area contributed by atoms with Crippen LogP contribution in [0.2, 0.25) is 0 Å². The molecule has 1 N–H and O–H groups in total. The number of nitrogens with zero attached hydrogens (tertiary/aromatic N) is 2. The molecule has 0 spiro atoms. The van der Waals surface area contributed by atoms with Crippen LogP contribution in [0.1, 0.15) is 19.8 Å². The Labute approximate surface area is 112 Å². The fraction of sp³-hybridized carbons (Fsp3) is 0.545. The standard InChI is InChI=1S/C11H14BrN3O3/c1-2-18-8(16)5-15(7-3-4-7)10-9(12)11(17)14-6-13-10/h6-7H,2-5H2,1H3,(H,13,14,17). The number of H-pyrrole nitrogens is 1. The second kappa shape index (κ2) is 5.51. The van der Waals surface area contributed by atoms with Gasteiger partial charge in [0.05, 0.1) is 12.9 Å². The van der Waals surface area contributed by atoms with Gasteiger partial charge in [0.2, 0.25) is 0 Å². The van der Waals surface area contributed by atoms with Crippen molar-refractivity contribution in [3.05, 3.63) is 21.2 Å². The van der Waals surface area contributed by atoms with Crippen LogP contribution in [0.4, 0.5) is 5.82 Å². The number of aromatic amines is 1. The molecule has 1 aliphatic carbocycles. The molecule has 6 nitrogen and oxygen atoms in total. The molecular weight excluding hydrogens is 302 g/mol. The van der Waals surface area contributed by atoms with E-state index in [-0.39, 0.29) is 24.1 Å². The quantitative estimate of drug-likeness (QED) is 0.822. The molecule has 18 heavy (non-hydrogen) atoms. The number of halogens is 1. The van der Waals surface area contributed by atoms with E-state index in [2.05, 4.69) is 25.9 Å². The van der Waals surface area contributed by atoms with Crippen LogP contribution in [0, 0.1) is 0 Å². The minimum atomic E-state index is -0.307. The highest BCUT2D eigenvalue weighted by molar-refractivity contribution is 9.10. The van der Waals surface area contributed by atoms with Gasteiger partial charge in [-0.3, -0.25) is 9.59 Å². The molecular formula is C11H14BrN3O3. The lowest BCUT2D eigenvalue weighted by Gasteiger charge is -2.22. The molecule has 0 radical (unpaired) electrons. The van der Waals surface area contributed by atoms with Crippen molar-refractivity contribution in [3.63, 3.8) is 0 Å². The van der Waals surface area contributed by atoms with Gasteiger partial charge in [-0.05, 0) is 35.7 Å². The number of ether oxygens (including phenoxy) is 1. The molecule has 1 heterocycles. The fourth-order valence-corrected chi connectivity index (χ4v) is 2.13. The molecule has 1 fully saturated rings. The summed E-state index contributed by atoms with van der Waals surface area (Å²) in [5.41, 5.74) is -0.255. The average Bonchev–Trinajstić information content (AvgIpc) is 3.15. The normalized spacial score (nSPS) is 14.3. The number of rotatable bonds is 5. The second-order valence-electron chi connectivity index (χ2n) is 4.03. The summed E-state index contributed by atoms with van der Waals surface area (Å²) in [6.07, 6.45) is 3.34. The summed E-state index contributed by atoms with van der Waals surface area (Å²) in [6.45, 7) is 2.23. The van der Waals surface area contributed by atoms with Crippen LogP contribution in [-0.4, -0.2) is 35.1 Å². The molecule has 0 atom stereocenters. The van der Waals surface area contributed by atoms with E-state index in [9.17, 15) is 9.59 Å². The second-order valence-corrected chi connectivity index (χ2v) is 4.83. The van der Waals surface area contributed by atoms with Crippen molar-refractivity contribution < 1.29 is 9.53 Å². The fourth-order valence-electron chi connectivity index (χ4n) is 1.68. The molecule has 1 aromatic rings. The first-order valence-electron chi connectivity index (χ1n) is 5.79. The van der Waals surface area contributed by atoms with E-state index in [1.165, 1.54) is 6.33 Å². The third kappa shape index (κ3) is 2.90. The number of carbonyl (C=O) groups excluding carboxylic acids is 1. The topological polar surface area (TPSA) is 75.3 Å². The summed E-state index contributed by atoms with van der Waals surface area (Å²) in [5, 5.41) is 0. The van der Waals surface area contributed by atoms with Crippen molar-refractivity contribution in [1.82, 2.24) is 9.97 Å². The number of hydrogen-bond acceptors (Lipinski definition) is 5. The minimum absolute atomic E-state index is 0.119. The van der Waals surface area contributed by atoms with Crippen LogP contribution in [0.25, 0.3) is 0 Å². The van der Waals surface area contributed by atoms with Crippen LogP contribution in [-0.2, 0) is 9.53 Å². The van der Waals surface area contributed by atoms with Crippen LogP contribution >= 0.6 is 15.9 Å². The first kappa shape index (κ1) is 13.1. The zero-order chi connectivity index (χ0) is 13.1. The predicted octanol–water partition coefficient (Wildman–Crippen LogP) is 1.06. The van der Waals surface area contributed by atoms with Gasteiger partial charge in [-0.25, -0.2) is 4.98 Å². The zero-order valence-corrected chi connectivity index (χ0v) is 11.6. The molecule has 0 saturated heterocycles. The van der Waals surface area contributed by atoms with Crippen LogP contribution in [0.3, 0.4) is 0 Å². The number of hydrogen-bond donors (Lipinski definition) is 1. The molecule has 1 aliphatic rings. The smallest absolute Gasteiger partial charge is 0.325 e. The molecule has 0 aliphatic heterocycles. The largest absolute Gasteiger partial charge is 0.465 e. The van der Waals surface area contributed by atoms with Gasteiger partial charge >= 0.3 is 5.97 Å². The number of aromatic nitrogens is 2. The van der Waals surface area contributed by atoms with Crippen LogP contribution in [0.5, 0.6) is 0 Å². The maximum Gasteiger partial charge on any atom is 0.325 e. The van der Waals surface area contributed by atoms with Crippen LogP contribution in [0.15, 0.2) is 15.6 Å². The molecule has 0 bridgehead atoms. The van der Waals surface area contributed by atoms with E-state index >= 15 is 0 Å². The van der Waals surface area contributed by atoms with E-state index in [1.54, 1.807) is 6.92 Å². The van der Waals surface area contributed by atoms with E-state index < -0.39 is 0 Å². The molecule has 2 rings (SSSR count). The highest BCUT2D eigenvalue weighted by Gasteiger charge is 2.33. The highest BCUT2D eigenvalue weighted by Crippen LogP contribution is 2.32. The lowest BCUT2D eigenvalue weighted by atomic mass is 10.4. The van der Waals surface area contributed by atoms with Gasteiger partial charge < -0.3 is 14.6 Å².